The van der Waals surface area contributed by atoms with Crippen molar-refractivity contribution in [3.63, 3.8) is 0 Å². The van der Waals surface area contributed by atoms with Gasteiger partial charge in [-0.1, -0.05) is 20.8 Å². The van der Waals surface area contributed by atoms with Crippen LogP contribution in [0.4, 0.5) is 0 Å². The SMILES string of the molecule is CC(C)(C)C1CNCC(CCC(O)(O)O)C1. The molecule has 0 aromatic carbocycles. The Labute approximate surface area is 97.7 Å². The molecule has 1 aliphatic heterocycles. The van der Waals surface area contributed by atoms with E-state index in [0.29, 0.717) is 18.3 Å². The predicted octanol–water partition coefficient (Wildman–Crippen LogP) is 0.669. The van der Waals surface area contributed by atoms with Gasteiger partial charge < -0.3 is 20.6 Å². The van der Waals surface area contributed by atoms with E-state index in [1.165, 1.54) is 0 Å². The van der Waals surface area contributed by atoms with Crippen LogP contribution in [0.1, 0.15) is 40.0 Å². The Kier molecular flexibility index (Phi) is 4.35. The van der Waals surface area contributed by atoms with Crippen molar-refractivity contribution in [2.75, 3.05) is 13.1 Å². The highest BCUT2D eigenvalue weighted by molar-refractivity contribution is 4.83. The van der Waals surface area contributed by atoms with Gasteiger partial charge in [-0.15, -0.1) is 0 Å². The van der Waals surface area contributed by atoms with Crippen LogP contribution in [0.2, 0.25) is 0 Å². The molecule has 4 N–H and O–H groups in total. The van der Waals surface area contributed by atoms with E-state index in [1.807, 2.05) is 0 Å². The molecule has 96 valence electrons. The van der Waals surface area contributed by atoms with Gasteiger partial charge in [0, 0.05) is 6.42 Å². The average molecular weight is 231 g/mol. The highest BCUT2D eigenvalue weighted by Crippen LogP contribution is 2.34. The van der Waals surface area contributed by atoms with Gasteiger partial charge in [0.15, 0.2) is 0 Å². The molecule has 0 bridgehead atoms. The van der Waals surface area contributed by atoms with Crippen LogP contribution in [0.15, 0.2) is 0 Å². The van der Waals surface area contributed by atoms with Crippen molar-refractivity contribution in [1.29, 1.82) is 0 Å². The summed E-state index contributed by atoms with van der Waals surface area (Å²) in [6.07, 6.45) is 1.76. The number of nitrogens with one attached hydrogen (secondary N) is 1. The molecule has 0 amide bonds. The van der Waals surface area contributed by atoms with E-state index in [4.69, 9.17) is 15.3 Å². The topological polar surface area (TPSA) is 72.7 Å². The van der Waals surface area contributed by atoms with E-state index < -0.39 is 5.97 Å². The monoisotopic (exact) mass is 231 g/mol. The molecule has 0 spiro atoms. The van der Waals surface area contributed by atoms with E-state index >= 15 is 0 Å². The Hall–Kier alpha value is -0.160. The Morgan fingerprint density at radius 1 is 1.12 bits per heavy atom. The van der Waals surface area contributed by atoms with Gasteiger partial charge in [-0.3, -0.25) is 0 Å². The molecule has 1 aliphatic rings. The van der Waals surface area contributed by atoms with Gasteiger partial charge in [-0.25, -0.2) is 0 Å². The molecule has 2 unspecified atom stereocenters. The summed E-state index contributed by atoms with van der Waals surface area (Å²) in [6.45, 7) is 8.63. The fourth-order valence-corrected chi connectivity index (χ4v) is 2.31. The first-order valence-corrected chi connectivity index (χ1v) is 6.06. The van der Waals surface area contributed by atoms with Crippen molar-refractivity contribution < 1.29 is 15.3 Å². The molecule has 0 radical (unpaired) electrons. The first-order valence-electron chi connectivity index (χ1n) is 6.06. The minimum atomic E-state index is -2.51. The number of aliphatic hydroxyl groups is 3. The zero-order chi connectivity index (χ0) is 12.4. The largest absolute Gasteiger partial charge is 0.344 e. The maximum absolute atomic E-state index is 8.86. The zero-order valence-electron chi connectivity index (χ0n) is 10.5. The van der Waals surface area contributed by atoms with Crippen LogP contribution in [0.5, 0.6) is 0 Å². The fourth-order valence-electron chi connectivity index (χ4n) is 2.31. The molecule has 0 aromatic heterocycles. The number of rotatable bonds is 3. The van der Waals surface area contributed by atoms with Crippen molar-refractivity contribution in [3.8, 4) is 0 Å². The van der Waals surface area contributed by atoms with E-state index in [9.17, 15) is 0 Å². The van der Waals surface area contributed by atoms with Gasteiger partial charge in [0.1, 0.15) is 0 Å². The van der Waals surface area contributed by atoms with E-state index in [0.717, 1.165) is 19.5 Å². The second-order valence-electron chi connectivity index (χ2n) is 6.14. The summed E-state index contributed by atoms with van der Waals surface area (Å²) in [7, 11) is 0. The van der Waals surface area contributed by atoms with Crippen molar-refractivity contribution in [2.45, 2.75) is 46.0 Å². The molecule has 1 heterocycles. The Morgan fingerprint density at radius 2 is 1.75 bits per heavy atom. The third-order valence-electron chi connectivity index (χ3n) is 3.55. The summed E-state index contributed by atoms with van der Waals surface area (Å²) in [6, 6.07) is 0. The van der Waals surface area contributed by atoms with Crippen LogP contribution in [0.3, 0.4) is 0 Å². The zero-order valence-corrected chi connectivity index (χ0v) is 10.5. The van der Waals surface area contributed by atoms with Crippen molar-refractivity contribution in [3.05, 3.63) is 0 Å². The second-order valence-corrected chi connectivity index (χ2v) is 6.14. The van der Waals surface area contributed by atoms with Crippen LogP contribution in [-0.4, -0.2) is 34.4 Å². The molecule has 0 aromatic rings. The highest BCUT2D eigenvalue weighted by atomic mass is 16.7. The molecular formula is C12H25NO3. The van der Waals surface area contributed by atoms with Gasteiger partial charge in [0.05, 0.1) is 0 Å². The summed E-state index contributed by atoms with van der Waals surface area (Å²) >= 11 is 0. The van der Waals surface area contributed by atoms with Crippen molar-refractivity contribution in [1.82, 2.24) is 5.32 Å². The quantitative estimate of drug-likeness (QED) is 0.539. The van der Waals surface area contributed by atoms with Crippen LogP contribution in [0.25, 0.3) is 0 Å². The smallest absolute Gasteiger partial charge is 0.275 e. The first-order chi connectivity index (χ1) is 7.18. The van der Waals surface area contributed by atoms with Crippen molar-refractivity contribution in [2.24, 2.45) is 17.3 Å². The lowest BCUT2D eigenvalue weighted by Gasteiger charge is -2.38. The lowest BCUT2D eigenvalue weighted by Crippen LogP contribution is -2.42. The Morgan fingerprint density at radius 3 is 2.25 bits per heavy atom. The Balaban J connectivity index is 2.39. The third-order valence-corrected chi connectivity index (χ3v) is 3.55. The lowest BCUT2D eigenvalue weighted by atomic mass is 9.73. The number of piperidine rings is 1. The second kappa shape index (κ2) is 5.00. The average Bonchev–Trinajstić information content (AvgIpc) is 2.13. The molecule has 1 rings (SSSR count). The summed E-state index contributed by atoms with van der Waals surface area (Å²) in [5.74, 6) is -1.48. The molecule has 4 heteroatoms. The summed E-state index contributed by atoms with van der Waals surface area (Å²) in [5, 5.41) is 30.0. The molecule has 2 atom stereocenters. The van der Waals surface area contributed by atoms with Gasteiger partial charge in [-0.05, 0) is 43.2 Å². The maximum Gasteiger partial charge on any atom is 0.275 e. The standard InChI is InChI=1S/C12H25NO3/c1-11(2,3)10-6-9(7-13-8-10)4-5-12(14,15)16/h9-10,13-16H,4-8H2,1-3H3. The predicted molar refractivity (Wildman–Crippen MR) is 62.5 cm³/mol. The molecule has 0 aliphatic carbocycles. The minimum Gasteiger partial charge on any atom is -0.344 e. The summed E-state index contributed by atoms with van der Waals surface area (Å²) < 4.78 is 0. The summed E-state index contributed by atoms with van der Waals surface area (Å²) in [4.78, 5) is 0. The van der Waals surface area contributed by atoms with Crippen LogP contribution in [0, 0.1) is 17.3 Å². The molecular weight excluding hydrogens is 206 g/mol. The van der Waals surface area contributed by atoms with Gasteiger partial charge in [0.2, 0.25) is 0 Å². The van der Waals surface area contributed by atoms with Gasteiger partial charge in [0.25, 0.3) is 5.97 Å². The maximum atomic E-state index is 8.86. The van der Waals surface area contributed by atoms with E-state index in [-0.39, 0.29) is 11.8 Å². The van der Waals surface area contributed by atoms with Gasteiger partial charge >= 0.3 is 0 Å². The third kappa shape index (κ3) is 4.78. The minimum absolute atomic E-state index is 0.0240. The first kappa shape index (κ1) is 13.9. The Bertz CT molecular complexity index is 217. The highest BCUT2D eigenvalue weighted by Gasteiger charge is 2.31. The molecule has 1 fully saturated rings. The van der Waals surface area contributed by atoms with E-state index in [2.05, 4.69) is 26.1 Å². The normalized spacial score (nSPS) is 28.1. The lowest BCUT2D eigenvalue weighted by molar-refractivity contribution is -0.316. The number of hydrogen-bond donors (Lipinski definition) is 4. The molecule has 0 saturated carbocycles. The number of hydrogen-bond acceptors (Lipinski definition) is 4. The van der Waals surface area contributed by atoms with Gasteiger partial charge in [-0.2, -0.15) is 0 Å². The summed E-state index contributed by atoms with van der Waals surface area (Å²) in [5.41, 5.74) is 0.278. The van der Waals surface area contributed by atoms with Crippen LogP contribution < -0.4 is 5.32 Å². The fraction of sp³-hybridized carbons (Fsp3) is 1.00. The van der Waals surface area contributed by atoms with Crippen LogP contribution in [-0.2, 0) is 0 Å². The van der Waals surface area contributed by atoms with Crippen LogP contribution >= 0.6 is 0 Å². The molecule has 16 heavy (non-hydrogen) atoms. The van der Waals surface area contributed by atoms with Crippen molar-refractivity contribution >= 4 is 0 Å². The van der Waals surface area contributed by atoms with E-state index in [1.54, 1.807) is 0 Å². The molecule has 4 nitrogen and oxygen atoms in total. The molecule has 1 saturated heterocycles.